The number of aromatic amines is 1. The van der Waals surface area contributed by atoms with Crippen LogP contribution in [0.15, 0.2) is 53.0 Å². The highest BCUT2D eigenvalue weighted by Crippen LogP contribution is 2.22. The molecule has 24 heavy (non-hydrogen) atoms. The van der Waals surface area contributed by atoms with Crippen molar-refractivity contribution in [2.75, 3.05) is 6.61 Å². The zero-order valence-corrected chi connectivity index (χ0v) is 14.7. The number of Topliss-reactive ketones (excluding diaryl/α,β-unsaturated/α-hetero) is 1. The number of aromatic nitrogens is 1. The van der Waals surface area contributed by atoms with Gasteiger partial charge in [-0.1, -0.05) is 46.3 Å². The summed E-state index contributed by atoms with van der Waals surface area (Å²) in [4.78, 5) is 27.5. The van der Waals surface area contributed by atoms with Crippen LogP contribution in [0.3, 0.4) is 0 Å². The van der Waals surface area contributed by atoms with E-state index in [1.165, 1.54) is 0 Å². The van der Waals surface area contributed by atoms with Crippen molar-refractivity contribution in [2.24, 2.45) is 0 Å². The van der Waals surface area contributed by atoms with E-state index in [4.69, 9.17) is 4.74 Å². The second-order valence-corrected chi connectivity index (χ2v) is 6.47. The molecule has 0 bridgehead atoms. The number of rotatable bonds is 5. The second-order valence-electron chi connectivity index (χ2n) is 5.56. The fourth-order valence-electron chi connectivity index (χ4n) is 2.67. The first-order chi connectivity index (χ1) is 11.5. The number of hydrogen-bond acceptors (Lipinski definition) is 3. The summed E-state index contributed by atoms with van der Waals surface area (Å²) in [6.45, 7) is 1.59. The van der Waals surface area contributed by atoms with Gasteiger partial charge >= 0.3 is 5.97 Å². The molecule has 1 heterocycles. The monoisotopic (exact) mass is 385 g/mol. The third-order valence-electron chi connectivity index (χ3n) is 3.80. The van der Waals surface area contributed by atoms with Gasteiger partial charge in [0, 0.05) is 26.6 Å². The summed E-state index contributed by atoms with van der Waals surface area (Å²) < 4.78 is 6.10. The van der Waals surface area contributed by atoms with E-state index in [1.807, 2.05) is 55.5 Å². The highest BCUT2D eigenvalue weighted by molar-refractivity contribution is 9.10. The third kappa shape index (κ3) is 3.57. The number of benzene rings is 2. The highest BCUT2D eigenvalue weighted by atomic mass is 79.9. The molecule has 0 spiro atoms. The van der Waals surface area contributed by atoms with Crippen LogP contribution < -0.4 is 0 Å². The number of halogens is 1. The molecule has 0 fully saturated rings. The normalized spacial score (nSPS) is 10.8. The van der Waals surface area contributed by atoms with Crippen LogP contribution in [0, 0.1) is 6.92 Å². The molecule has 4 nitrogen and oxygen atoms in total. The maximum atomic E-state index is 12.4. The molecule has 0 aliphatic carbocycles. The first kappa shape index (κ1) is 16.5. The van der Waals surface area contributed by atoms with Crippen molar-refractivity contribution >= 4 is 38.6 Å². The predicted molar refractivity (Wildman–Crippen MR) is 96.2 cm³/mol. The van der Waals surface area contributed by atoms with Crippen LogP contribution in [0.25, 0.3) is 10.9 Å². The summed E-state index contributed by atoms with van der Waals surface area (Å²) in [6.07, 6.45) is 0.146. The van der Waals surface area contributed by atoms with E-state index in [0.717, 1.165) is 26.6 Å². The first-order valence-electron chi connectivity index (χ1n) is 7.55. The van der Waals surface area contributed by atoms with Crippen LogP contribution in [0.2, 0.25) is 0 Å². The number of H-pyrrole nitrogens is 1. The minimum Gasteiger partial charge on any atom is -0.457 e. The Morgan fingerprint density at radius 2 is 1.79 bits per heavy atom. The van der Waals surface area contributed by atoms with Crippen molar-refractivity contribution in [3.8, 4) is 0 Å². The summed E-state index contributed by atoms with van der Waals surface area (Å²) in [5.41, 5.74) is 3.12. The number of fused-ring (bicyclic) bond motifs is 1. The lowest BCUT2D eigenvalue weighted by Gasteiger charge is -2.05. The van der Waals surface area contributed by atoms with E-state index in [2.05, 4.69) is 20.9 Å². The SMILES string of the molecule is Cc1[nH]c2ccccc2c1C(=O)COC(=O)Cc1ccc(Br)cc1. The van der Waals surface area contributed by atoms with Gasteiger partial charge in [-0.25, -0.2) is 0 Å². The molecule has 3 aromatic rings. The molecule has 5 heteroatoms. The number of hydrogen-bond donors (Lipinski definition) is 1. The van der Waals surface area contributed by atoms with Crippen LogP contribution >= 0.6 is 15.9 Å². The first-order valence-corrected chi connectivity index (χ1v) is 8.34. The standard InChI is InChI=1S/C19H16BrNO3/c1-12-19(15-4-2-3-5-16(15)21-12)17(22)11-24-18(23)10-13-6-8-14(20)9-7-13/h2-9,21H,10-11H2,1H3. The van der Waals surface area contributed by atoms with E-state index in [-0.39, 0.29) is 18.8 Å². The second kappa shape index (κ2) is 7.01. The van der Waals surface area contributed by atoms with Crippen LogP contribution in [0.1, 0.15) is 21.6 Å². The lowest BCUT2D eigenvalue weighted by Crippen LogP contribution is -2.16. The number of esters is 1. The molecular weight excluding hydrogens is 370 g/mol. The van der Waals surface area contributed by atoms with Crippen molar-refractivity contribution < 1.29 is 14.3 Å². The van der Waals surface area contributed by atoms with Gasteiger partial charge < -0.3 is 9.72 Å². The molecule has 0 saturated heterocycles. The van der Waals surface area contributed by atoms with E-state index in [0.29, 0.717) is 5.56 Å². The van der Waals surface area contributed by atoms with E-state index < -0.39 is 5.97 Å². The van der Waals surface area contributed by atoms with Gasteiger partial charge in [-0.15, -0.1) is 0 Å². The minimum absolute atomic E-state index is 0.146. The number of ether oxygens (including phenoxy) is 1. The number of para-hydroxylation sites is 1. The maximum absolute atomic E-state index is 12.4. The van der Waals surface area contributed by atoms with Crippen LogP contribution in [-0.4, -0.2) is 23.3 Å². The predicted octanol–water partition coefficient (Wildman–Crippen LogP) is 4.21. The van der Waals surface area contributed by atoms with Gasteiger partial charge in [0.05, 0.1) is 6.42 Å². The average molecular weight is 386 g/mol. The topological polar surface area (TPSA) is 59.2 Å². The van der Waals surface area contributed by atoms with E-state index in [1.54, 1.807) is 0 Å². The van der Waals surface area contributed by atoms with E-state index >= 15 is 0 Å². The molecule has 1 N–H and O–H groups in total. The zero-order chi connectivity index (χ0) is 17.1. The fraction of sp³-hybridized carbons (Fsp3) is 0.158. The molecule has 0 saturated carbocycles. The highest BCUT2D eigenvalue weighted by Gasteiger charge is 2.17. The quantitative estimate of drug-likeness (QED) is 0.528. The molecule has 0 radical (unpaired) electrons. The van der Waals surface area contributed by atoms with Crippen molar-refractivity contribution in [3.63, 3.8) is 0 Å². The number of ketones is 1. The molecule has 1 aromatic heterocycles. The Morgan fingerprint density at radius 1 is 1.08 bits per heavy atom. The Morgan fingerprint density at radius 3 is 2.54 bits per heavy atom. The maximum Gasteiger partial charge on any atom is 0.310 e. The Labute approximate surface area is 148 Å². The zero-order valence-electron chi connectivity index (χ0n) is 13.1. The molecule has 0 unspecified atom stereocenters. The summed E-state index contributed by atoms with van der Waals surface area (Å²) >= 11 is 3.35. The summed E-state index contributed by atoms with van der Waals surface area (Å²) in [5, 5.41) is 0.851. The largest absolute Gasteiger partial charge is 0.457 e. The van der Waals surface area contributed by atoms with Crippen molar-refractivity contribution in [1.29, 1.82) is 0 Å². The molecule has 122 valence electrons. The summed E-state index contributed by atoms with van der Waals surface area (Å²) in [7, 11) is 0. The minimum atomic E-state index is -0.414. The third-order valence-corrected chi connectivity index (χ3v) is 4.33. The van der Waals surface area contributed by atoms with Crippen molar-refractivity contribution in [2.45, 2.75) is 13.3 Å². The van der Waals surface area contributed by atoms with Crippen LogP contribution in [-0.2, 0) is 16.0 Å². The Hall–Kier alpha value is -2.40. The van der Waals surface area contributed by atoms with Crippen LogP contribution in [0.4, 0.5) is 0 Å². The lowest BCUT2D eigenvalue weighted by atomic mass is 10.1. The summed E-state index contributed by atoms with van der Waals surface area (Å²) in [5.74, 6) is -0.614. The van der Waals surface area contributed by atoms with Crippen molar-refractivity contribution in [1.82, 2.24) is 4.98 Å². The number of nitrogens with one attached hydrogen (secondary N) is 1. The number of carbonyl (C=O) groups excluding carboxylic acids is 2. The molecule has 0 atom stereocenters. The van der Waals surface area contributed by atoms with Gasteiger partial charge in [-0.3, -0.25) is 9.59 Å². The molecular formula is C19H16BrNO3. The Balaban J connectivity index is 1.65. The average Bonchev–Trinajstić information content (AvgIpc) is 2.90. The Bertz CT molecular complexity index is 897. The van der Waals surface area contributed by atoms with Crippen LogP contribution in [0.5, 0.6) is 0 Å². The van der Waals surface area contributed by atoms with Gasteiger partial charge in [-0.05, 0) is 30.7 Å². The number of carbonyl (C=O) groups is 2. The Kier molecular flexibility index (Phi) is 4.81. The summed E-state index contributed by atoms with van der Waals surface area (Å²) in [6, 6.07) is 15.0. The van der Waals surface area contributed by atoms with Gasteiger partial charge in [0.2, 0.25) is 5.78 Å². The molecule has 0 amide bonds. The van der Waals surface area contributed by atoms with Gasteiger partial charge in [0.25, 0.3) is 0 Å². The van der Waals surface area contributed by atoms with E-state index in [9.17, 15) is 9.59 Å². The smallest absolute Gasteiger partial charge is 0.310 e. The van der Waals surface area contributed by atoms with Gasteiger partial charge in [0.1, 0.15) is 0 Å². The fourth-order valence-corrected chi connectivity index (χ4v) is 2.94. The number of aryl methyl sites for hydroxylation is 1. The van der Waals surface area contributed by atoms with Gasteiger partial charge in [-0.2, -0.15) is 0 Å². The van der Waals surface area contributed by atoms with Crippen molar-refractivity contribution in [3.05, 3.63) is 69.8 Å². The lowest BCUT2D eigenvalue weighted by molar-refractivity contribution is -0.141. The molecule has 3 rings (SSSR count). The van der Waals surface area contributed by atoms with Gasteiger partial charge in [0.15, 0.2) is 6.61 Å². The molecule has 0 aliphatic heterocycles. The molecule has 2 aromatic carbocycles. The molecule has 0 aliphatic rings.